The highest BCUT2D eigenvalue weighted by atomic mass is 16.5. The lowest BCUT2D eigenvalue weighted by atomic mass is 9.87. The van der Waals surface area contributed by atoms with Crippen LogP contribution in [0.15, 0.2) is 48.5 Å². The highest BCUT2D eigenvalue weighted by Gasteiger charge is 2.16. The lowest BCUT2D eigenvalue weighted by Gasteiger charge is -2.18. The van der Waals surface area contributed by atoms with E-state index in [-0.39, 0.29) is 18.4 Å². The number of ether oxygens (including phenoxy) is 3. The van der Waals surface area contributed by atoms with Crippen LogP contribution in [-0.4, -0.2) is 38.1 Å². The molecule has 0 fully saturated rings. The molecule has 160 valence electrons. The van der Waals surface area contributed by atoms with E-state index in [4.69, 9.17) is 14.2 Å². The van der Waals surface area contributed by atoms with Crippen molar-refractivity contribution in [3.63, 3.8) is 0 Å². The molecule has 7 heteroatoms. The van der Waals surface area contributed by atoms with Gasteiger partial charge >= 0.3 is 5.97 Å². The van der Waals surface area contributed by atoms with Gasteiger partial charge in [0.05, 0.1) is 20.1 Å². The molecule has 0 spiro atoms. The average molecular weight is 413 g/mol. The Morgan fingerprint density at radius 2 is 1.50 bits per heavy atom. The van der Waals surface area contributed by atoms with Gasteiger partial charge in [-0.3, -0.25) is 19.7 Å². The van der Waals surface area contributed by atoms with Crippen molar-refractivity contribution in [2.45, 2.75) is 32.6 Å². The summed E-state index contributed by atoms with van der Waals surface area (Å²) in [7, 11) is 1.57. The molecule has 2 amide bonds. The molecule has 1 N–H and O–H groups in total. The van der Waals surface area contributed by atoms with Gasteiger partial charge < -0.3 is 14.2 Å². The minimum absolute atomic E-state index is 0.0263. The van der Waals surface area contributed by atoms with Gasteiger partial charge in [-0.05, 0) is 47.4 Å². The fourth-order valence-electron chi connectivity index (χ4n) is 2.50. The zero-order chi connectivity index (χ0) is 22.1. The van der Waals surface area contributed by atoms with Gasteiger partial charge in [0, 0.05) is 5.56 Å². The van der Waals surface area contributed by atoms with E-state index in [1.165, 1.54) is 0 Å². The summed E-state index contributed by atoms with van der Waals surface area (Å²) in [6, 6.07) is 13.9. The summed E-state index contributed by atoms with van der Waals surface area (Å²) in [4.78, 5) is 35.7. The smallest absolute Gasteiger partial charge is 0.309 e. The van der Waals surface area contributed by atoms with E-state index in [0.717, 1.165) is 5.56 Å². The molecule has 2 aromatic carbocycles. The molecule has 0 aliphatic carbocycles. The summed E-state index contributed by atoms with van der Waals surface area (Å²) in [6.07, 6.45) is -0.0263. The van der Waals surface area contributed by atoms with Crippen molar-refractivity contribution in [3.8, 4) is 11.5 Å². The zero-order valence-electron chi connectivity index (χ0n) is 17.7. The predicted molar refractivity (Wildman–Crippen MR) is 112 cm³/mol. The molecule has 0 unspecified atom stereocenters. The Balaban J connectivity index is 1.70. The number of imide groups is 1. The van der Waals surface area contributed by atoms with Crippen LogP contribution >= 0.6 is 0 Å². The average Bonchev–Trinajstić information content (AvgIpc) is 2.72. The quantitative estimate of drug-likeness (QED) is 0.668. The van der Waals surface area contributed by atoms with Gasteiger partial charge in [-0.1, -0.05) is 32.9 Å². The summed E-state index contributed by atoms with van der Waals surface area (Å²) in [6.45, 7) is 5.78. The molecular formula is C23H27NO6. The topological polar surface area (TPSA) is 90.9 Å². The highest BCUT2D eigenvalue weighted by Crippen LogP contribution is 2.22. The van der Waals surface area contributed by atoms with Crippen molar-refractivity contribution in [2.24, 2.45) is 0 Å². The monoisotopic (exact) mass is 413 g/mol. The summed E-state index contributed by atoms with van der Waals surface area (Å²) < 4.78 is 15.4. The molecule has 0 radical (unpaired) electrons. The lowest BCUT2D eigenvalue weighted by Crippen LogP contribution is -2.34. The summed E-state index contributed by atoms with van der Waals surface area (Å²) in [5.41, 5.74) is 1.41. The Hall–Kier alpha value is -3.35. The maximum Gasteiger partial charge on any atom is 0.309 e. The van der Waals surface area contributed by atoms with E-state index in [0.29, 0.717) is 17.1 Å². The summed E-state index contributed by atoms with van der Waals surface area (Å²) in [5.74, 6) is -0.541. The van der Waals surface area contributed by atoms with E-state index in [9.17, 15) is 14.4 Å². The Morgan fingerprint density at radius 3 is 2.07 bits per heavy atom. The van der Waals surface area contributed by atoms with Gasteiger partial charge in [0.2, 0.25) is 0 Å². The second kappa shape index (κ2) is 10.4. The fourth-order valence-corrected chi connectivity index (χ4v) is 2.50. The molecule has 0 saturated heterocycles. The molecule has 2 aromatic rings. The molecule has 30 heavy (non-hydrogen) atoms. The third kappa shape index (κ3) is 7.24. The number of hydrogen-bond acceptors (Lipinski definition) is 6. The normalized spacial score (nSPS) is 10.8. The number of methoxy groups -OCH3 is 1. The van der Waals surface area contributed by atoms with Crippen LogP contribution in [0, 0.1) is 0 Å². The lowest BCUT2D eigenvalue weighted by molar-refractivity contribution is -0.148. The van der Waals surface area contributed by atoms with Gasteiger partial charge in [-0.2, -0.15) is 0 Å². The van der Waals surface area contributed by atoms with Gasteiger partial charge in [-0.15, -0.1) is 0 Å². The third-order valence-electron chi connectivity index (χ3n) is 4.26. The number of carbonyl (C=O) groups is 3. The number of esters is 1. The van der Waals surface area contributed by atoms with E-state index in [2.05, 4.69) is 26.1 Å². The maximum atomic E-state index is 12.1. The van der Waals surface area contributed by atoms with Crippen molar-refractivity contribution >= 4 is 17.8 Å². The zero-order valence-corrected chi connectivity index (χ0v) is 17.7. The molecular weight excluding hydrogens is 386 g/mol. The molecule has 7 nitrogen and oxygen atoms in total. The standard InChI is InChI=1S/C23H27NO6/c1-23(2,3)17-7-5-16(6-8-17)22(27)24-20(25)15-30-21(26)13-14-29-19-11-9-18(28-4)10-12-19/h5-12H,13-15H2,1-4H3,(H,24,25,27). The molecule has 0 aromatic heterocycles. The van der Waals surface area contributed by atoms with E-state index in [1.54, 1.807) is 43.5 Å². The first-order valence-corrected chi connectivity index (χ1v) is 9.56. The van der Waals surface area contributed by atoms with Crippen LogP contribution in [0.3, 0.4) is 0 Å². The van der Waals surface area contributed by atoms with Crippen LogP contribution in [0.25, 0.3) is 0 Å². The number of nitrogens with one attached hydrogen (secondary N) is 1. The molecule has 0 heterocycles. The van der Waals surface area contributed by atoms with Crippen LogP contribution < -0.4 is 14.8 Å². The van der Waals surface area contributed by atoms with Crippen molar-refractivity contribution in [2.75, 3.05) is 20.3 Å². The summed E-state index contributed by atoms with van der Waals surface area (Å²) in [5, 5.41) is 2.20. The van der Waals surface area contributed by atoms with Crippen LogP contribution in [0.4, 0.5) is 0 Å². The number of hydrogen-bond donors (Lipinski definition) is 1. The number of amides is 2. The first-order chi connectivity index (χ1) is 14.2. The molecule has 0 aliphatic heterocycles. The first kappa shape index (κ1) is 22.9. The first-order valence-electron chi connectivity index (χ1n) is 9.56. The second-order valence-corrected chi connectivity index (χ2v) is 7.64. The molecule has 2 rings (SSSR count). The Bertz CT molecular complexity index is 866. The Labute approximate surface area is 176 Å². The van der Waals surface area contributed by atoms with Crippen LogP contribution in [0.2, 0.25) is 0 Å². The third-order valence-corrected chi connectivity index (χ3v) is 4.26. The van der Waals surface area contributed by atoms with Crippen molar-refractivity contribution in [1.82, 2.24) is 5.32 Å². The Kier molecular flexibility index (Phi) is 7.98. The Morgan fingerprint density at radius 1 is 0.900 bits per heavy atom. The number of benzene rings is 2. The number of carbonyl (C=O) groups excluding carboxylic acids is 3. The predicted octanol–water partition coefficient (Wildman–Crippen LogP) is 3.26. The van der Waals surface area contributed by atoms with Crippen LogP contribution in [0.1, 0.15) is 43.1 Å². The van der Waals surface area contributed by atoms with E-state index < -0.39 is 24.4 Å². The SMILES string of the molecule is COc1ccc(OCCC(=O)OCC(=O)NC(=O)c2ccc(C(C)(C)C)cc2)cc1. The summed E-state index contributed by atoms with van der Waals surface area (Å²) >= 11 is 0. The van der Waals surface area contributed by atoms with Crippen molar-refractivity contribution in [1.29, 1.82) is 0 Å². The van der Waals surface area contributed by atoms with Gasteiger partial charge in [0.25, 0.3) is 11.8 Å². The number of rotatable bonds is 8. The fraction of sp³-hybridized carbons (Fsp3) is 0.348. The maximum absolute atomic E-state index is 12.1. The van der Waals surface area contributed by atoms with Gasteiger partial charge in [0.1, 0.15) is 11.5 Å². The van der Waals surface area contributed by atoms with Crippen LogP contribution in [-0.2, 0) is 19.7 Å². The highest BCUT2D eigenvalue weighted by molar-refractivity contribution is 6.05. The van der Waals surface area contributed by atoms with E-state index >= 15 is 0 Å². The minimum Gasteiger partial charge on any atom is -0.497 e. The van der Waals surface area contributed by atoms with Gasteiger partial charge in [0.15, 0.2) is 6.61 Å². The van der Waals surface area contributed by atoms with Crippen molar-refractivity contribution in [3.05, 3.63) is 59.7 Å². The van der Waals surface area contributed by atoms with Crippen molar-refractivity contribution < 1.29 is 28.6 Å². The molecule has 0 atom stereocenters. The second-order valence-electron chi connectivity index (χ2n) is 7.64. The van der Waals surface area contributed by atoms with Crippen LogP contribution in [0.5, 0.6) is 11.5 Å². The van der Waals surface area contributed by atoms with Gasteiger partial charge in [-0.25, -0.2) is 0 Å². The molecule has 0 bridgehead atoms. The van der Waals surface area contributed by atoms with E-state index in [1.807, 2.05) is 12.1 Å². The largest absolute Gasteiger partial charge is 0.497 e. The minimum atomic E-state index is -0.690. The molecule has 0 aliphatic rings. The molecule has 0 saturated carbocycles.